The molecule has 1 aromatic rings. The van der Waals surface area contributed by atoms with E-state index < -0.39 is 5.97 Å². The first-order chi connectivity index (χ1) is 11.6. The minimum absolute atomic E-state index is 0.172. The van der Waals surface area contributed by atoms with Crippen molar-refractivity contribution in [2.24, 2.45) is 5.92 Å². The molecule has 24 heavy (non-hydrogen) atoms. The average Bonchev–Trinajstić information content (AvgIpc) is 3.46. The predicted octanol–water partition coefficient (Wildman–Crippen LogP) is 3.81. The van der Waals surface area contributed by atoms with Crippen LogP contribution in [0, 0.1) is 5.92 Å². The van der Waals surface area contributed by atoms with Gasteiger partial charge < -0.3 is 10.1 Å². The molecule has 2 aliphatic carbocycles. The van der Waals surface area contributed by atoms with E-state index in [1.54, 1.807) is 0 Å². The third-order valence-corrected chi connectivity index (χ3v) is 5.28. The van der Waals surface area contributed by atoms with Gasteiger partial charge in [-0.15, -0.1) is 0 Å². The number of benzene rings is 1. The zero-order valence-electron chi connectivity index (χ0n) is 14.4. The number of rotatable bonds is 6. The maximum absolute atomic E-state index is 12.1. The maximum Gasteiger partial charge on any atom is 0.338 e. The van der Waals surface area contributed by atoms with Crippen LogP contribution in [0.25, 0.3) is 0 Å². The van der Waals surface area contributed by atoms with Crippen LogP contribution in [0.3, 0.4) is 0 Å². The molecule has 4 heteroatoms. The topological polar surface area (TPSA) is 55.4 Å². The van der Waals surface area contributed by atoms with Crippen molar-refractivity contribution in [1.82, 2.24) is 5.32 Å². The minimum atomic E-state index is -0.431. The van der Waals surface area contributed by atoms with Gasteiger partial charge in [0, 0.05) is 6.04 Å². The van der Waals surface area contributed by atoms with Crippen LogP contribution in [0.15, 0.2) is 24.3 Å². The molecule has 130 valence electrons. The molecule has 0 unspecified atom stereocenters. The summed E-state index contributed by atoms with van der Waals surface area (Å²) in [5.41, 5.74) is 1.82. The van der Waals surface area contributed by atoms with Crippen LogP contribution < -0.4 is 5.32 Å². The van der Waals surface area contributed by atoms with Crippen LogP contribution >= 0.6 is 0 Å². The highest BCUT2D eigenvalue weighted by molar-refractivity contribution is 5.91. The molecule has 0 radical (unpaired) electrons. The standard InChI is InChI=1S/C20H27NO3/c1-14(15-7-8-15)21-19(22)13-24-20(23)18-11-9-17(10-12-18)16-5-3-2-4-6-16/h9-12,14-16H,2-8,13H2,1H3,(H,21,22)/t14-/m1/s1. The molecular weight excluding hydrogens is 302 g/mol. The zero-order chi connectivity index (χ0) is 16.9. The molecule has 2 fully saturated rings. The monoisotopic (exact) mass is 329 g/mol. The summed E-state index contributed by atoms with van der Waals surface area (Å²) in [6.07, 6.45) is 8.75. The first-order valence-electron chi connectivity index (χ1n) is 9.20. The molecule has 0 saturated heterocycles. The third-order valence-electron chi connectivity index (χ3n) is 5.28. The van der Waals surface area contributed by atoms with E-state index >= 15 is 0 Å². The highest BCUT2D eigenvalue weighted by Crippen LogP contribution is 2.33. The second-order valence-corrected chi connectivity index (χ2v) is 7.23. The Kier molecular flexibility index (Phi) is 5.54. The molecule has 1 aromatic carbocycles. The molecular formula is C20H27NO3. The van der Waals surface area contributed by atoms with E-state index in [1.165, 1.54) is 50.5 Å². The zero-order valence-corrected chi connectivity index (χ0v) is 14.4. The van der Waals surface area contributed by atoms with Gasteiger partial charge in [-0.1, -0.05) is 31.4 Å². The molecule has 2 aliphatic rings. The van der Waals surface area contributed by atoms with Gasteiger partial charge in [0.2, 0.25) is 0 Å². The summed E-state index contributed by atoms with van der Waals surface area (Å²) in [6.45, 7) is 1.79. The molecule has 1 N–H and O–H groups in total. The second kappa shape index (κ2) is 7.82. The Bertz CT molecular complexity index is 571. The van der Waals surface area contributed by atoms with E-state index in [4.69, 9.17) is 4.74 Å². The molecule has 2 saturated carbocycles. The Morgan fingerprint density at radius 1 is 1.08 bits per heavy atom. The fraction of sp³-hybridized carbons (Fsp3) is 0.600. The molecule has 4 nitrogen and oxygen atoms in total. The number of amides is 1. The quantitative estimate of drug-likeness (QED) is 0.808. The smallest absolute Gasteiger partial charge is 0.338 e. The van der Waals surface area contributed by atoms with E-state index in [0.29, 0.717) is 17.4 Å². The van der Waals surface area contributed by atoms with Crippen LogP contribution in [-0.2, 0) is 9.53 Å². The van der Waals surface area contributed by atoms with Crippen molar-refractivity contribution in [2.45, 2.75) is 63.8 Å². The van der Waals surface area contributed by atoms with Gasteiger partial charge in [-0.25, -0.2) is 4.79 Å². The van der Waals surface area contributed by atoms with Gasteiger partial charge in [0.05, 0.1) is 5.56 Å². The number of hydrogen-bond acceptors (Lipinski definition) is 3. The summed E-state index contributed by atoms with van der Waals surface area (Å²) in [7, 11) is 0. The predicted molar refractivity (Wildman–Crippen MR) is 92.9 cm³/mol. The van der Waals surface area contributed by atoms with Gasteiger partial charge in [-0.3, -0.25) is 4.79 Å². The van der Waals surface area contributed by atoms with Crippen molar-refractivity contribution in [3.8, 4) is 0 Å². The summed E-state index contributed by atoms with van der Waals surface area (Å²) in [5.74, 6) is 0.566. The number of ether oxygens (including phenoxy) is 1. The van der Waals surface area contributed by atoms with Crippen LogP contribution in [0.4, 0.5) is 0 Å². The average molecular weight is 329 g/mol. The first kappa shape index (κ1) is 17.0. The van der Waals surface area contributed by atoms with Gasteiger partial charge >= 0.3 is 5.97 Å². The maximum atomic E-state index is 12.1. The Balaban J connectivity index is 1.46. The Morgan fingerprint density at radius 3 is 2.38 bits per heavy atom. The van der Waals surface area contributed by atoms with Crippen molar-refractivity contribution >= 4 is 11.9 Å². The summed E-state index contributed by atoms with van der Waals surface area (Å²) < 4.78 is 5.13. The van der Waals surface area contributed by atoms with Crippen LogP contribution in [0.1, 0.15) is 73.7 Å². The highest BCUT2D eigenvalue weighted by atomic mass is 16.5. The van der Waals surface area contributed by atoms with Crippen LogP contribution in [-0.4, -0.2) is 24.5 Å². The van der Waals surface area contributed by atoms with Gasteiger partial charge in [0.15, 0.2) is 6.61 Å². The van der Waals surface area contributed by atoms with Crippen molar-refractivity contribution in [2.75, 3.05) is 6.61 Å². The van der Waals surface area contributed by atoms with Crippen molar-refractivity contribution in [1.29, 1.82) is 0 Å². The molecule has 1 amide bonds. The van der Waals surface area contributed by atoms with Gasteiger partial charge in [-0.05, 0) is 62.1 Å². The normalized spacial score (nSPS) is 19.5. The molecule has 0 spiro atoms. The van der Waals surface area contributed by atoms with E-state index in [0.717, 1.165) is 0 Å². The lowest BCUT2D eigenvalue weighted by Gasteiger charge is -2.22. The Labute approximate surface area is 144 Å². The molecule has 0 aromatic heterocycles. The first-order valence-corrected chi connectivity index (χ1v) is 9.20. The minimum Gasteiger partial charge on any atom is -0.452 e. The van der Waals surface area contributed by atoms with Crippen molar-refractivity contribution in [3.05, 3.63) is 35.4 Å². The van der Waals surface area contributed by atoms with E-state index in [1.807, 2.05) is 31.2 Å². The van der Waals surface area contributed by atoms with Gasteiger partial charge in [-0.2, -0.15) is 0 Å². The van der Waals surface area contributed by atoms with Crippen molar-refractivity contribution in [3.63, 3.8) is 0 Å². The molecule has 0 bridgehead atoms. The van der Waals surface area contributed by atoms with Gasteiger partial charge in [0.1, 0.15) is 0 Å². The largest absolute Gasteiger partial charge is 0.452 e. The van der Waals surface area contributed by atoms with Gasteiger partial charge in [0.25, 0.3) is 5.91 Å². The highest BCUT2D eigenvalue weighted by Gasteiger charge is 2.29. The van der Waals surface area contributed by atoms with Crippen LogP contribution in [0.2, 0.25) is 0 Å². The number of hydrogen-bond donors (Lipinski definition) is 1. The molecule has 0 aliphatic heterocycles. The summed E-state index contributed by atoms with van der Waals surface area (Å²) in [6, 6.07) is 7.86. The Morgan fingerprint density at radius 2 is 1.75 bits per heavy atom. The number of nitrogens with one attached hydrogen (secondary N) is 1. The van der Waals surface area contributed by atoms with E-state index in [-0.39, 0.29) is 18.6 Å². The summed E-state index contributed by atoms with van der Waals surface area (Å²) in [5, 5.41) is 2.88. The summed E-state index contributed by atoms with van der Waals surface area (Å²) in [4.78, 5) is 23.9. The number of esters is 1. The lowest BCUT2D eigenvalue weighted by molar-refractivity contribution is -0.124. The number of carbonyl (C=O) groups is 2. The number of carbonyl (C=O) groups excluding carboxylic acids is 2. The second-order valence-electron chi connectivity index (χ2n) is 7.23. The lowest BCUT2D eigenvalue weighted by atomic mass is 9.84. The van der Waals surface area contributed by atoms with E-state index in [9.17, 15) is 9.59 Å². The lowest BCUT2D eigenvalue weighted by Crippen LogP contribution is -2.37. The van der Waals surface area contributed by atoms with E-state index in [2.05, 4.69) is 5.32 Å². The van der Waals surface area contributed by atoms with Crippen LogP contribution in [0.5, 0.6) is 0 Å². The fourth-order valence-corrected chi connectivity index (χ4v) is 3.55. The Hall–Kier alpha value is -1.84. The molecule has 3 rings (SSSR count). The van der Waals surface area contributed by atoms with Crippen molar-refractivity contribution < 1.29 is 14.3 Å². The molecule has 1 atom stereocenters. The SMILES string of the molecule is C[C@@H](NC(=O)COC(=O)c1ccc(C2CCCCC2)cc1)C1CC1. The third kappa shape index (κ3) is 4.59. The molecule has 0 heterocycles. The summed E-state index contributed by atoms with van der Waals surface area (Å²) >= 11 is 0. The fourth-order valence-electron chi connectivity index (χ4n) is 3.55.